The molecule has 2 amide bonds. The van der Waals surface area contributed by atoms with Crippen LogP contribution >= 0.6 is 11.8 Å². The van der Waals surface area contributed by atoms with Crippen molar-refractivity contribution in [3.63, 3.8) is 0 Å². The molecule has 1 heterocycles. The van der Waals surface area contributed by atoms with E-state index in [1.165, 1.54) is 17.3 Å². The maximum atomic E-state index is 12.5. The largest absolute Gasteiger partial charge is 0.351 e. The fourth-order valence-electron chi connectivity index (χ4n) is 3.42. The molecule has 0 bridgehead atoms. The lowest BCUT2D eigenvalue weighted by Gasteiger charge is -2.18. The zero-order valence-electron chi connectivity index (χ0n) is 17.9. The lowest BCUT2D eigenvalue weighted by atomic mass is 10.1. The standard InChI is InChI=1S/C26H25N3O2S/c1-29(18-20-7-3-2-4-8-20)16-15-27-25(30)21-13-11-19(12-14-21)17-24-26(31)28-22-9-5-6-10-23(22)32-24/h2-14,17H,15-16,18H2,1H3,(H,27,30)(H,28,31). The highest BCUT2D eigenvalue weighted by Gasteiger charge is 2.20. The maximum Gasteiger partial charge on any atom is 0.262 e. The molecule has 0 unspecified atom stereocenters. The number of thioether (sulfide) groups is 1. The van der Waals surface area contributed by atoms with Crippen molar-refractivity contribution in [3.8, 4) is 0 Å². The van der Waals surface area contributed by atoms with Gasteiger partial charge in [-0.1, -0.05) is 66.4 Å². The third kappa shape index (κ3) is 5.66. The van der Waals surface area contributed by atoms with E-state index in [2.05, 4.69) is 27.7 Å². The number of anilines is 1. The molecular weight excluding hydrogens is 418 g/mol. The van der Waals surface area contributed by atoms with Crippen LogP contribution in [-0.4, -0.2) is 36.9 Å². The molecule has 0 aliphatic carbocycles. The van der Waals surface area contributed by atoms with Crippen molar-refractivity contribution in [2.24, 2.45) is 0 Å². The summed E-state index contributed by atoms with van der Waals surface area (Å²) in [4.78, 5) is 28.6. The van der Waals surface area contributed by atoms with Gasteiger partial charge in [0.15, 0.2) is 0 Å². The first kappa shape index (κ1) is 21.9. The zero-order chi connectivity index (χ0) is 22.3. The molecule has 0 fully saturated rings. The number of fused-ring (bicyclic) bond motifs is 1. The van der Waals surface area contributed by atoms with Crippen molar-refractivity contribution in [2.75, 3.05) is 25.5 Å². The molecule has 0 spiro atoms. The van der Waals surface area contributed by atoms with Gasteiger partial charge < -0.3 is 15.5 Å². The summed E-state index contributed by atoms with van der Waals surface area (Å²) in [6.07, 6.45) is 1.84. The number of amides is 2. The van der Waals surface area contributed by atoms with Crippen molar-refractivity contribution in [1.29, 1.82) is 0 Å². The van der Waals surface area contributed by atoms with Crippen LogP contribution in [0, 0.1) is 0 Å². The molecule has 3 aromatic carbocycles. The Labute approximate surface area is 192 Å². The molecule has 1 aliphatic heterocycles. The van der Waals surface area contributed by atoms with Crippen LogP contribution in [0.4, 0.5) is 5.69 Å². The van der Waals surface area contributed by atoms with Crippen LogP contribution in [0.2, 0.25) is 0 Å². The molecule has 0 radical (unpaired) electrons. The van der Waals surface area contributed by atoms with Gasteiger partial charge in [-0.15, -0.1) is 0 Å². The van der Waals surface area contributed by atoms with E-state index in [1.54, 1.807) is 12.1 Å². The molecule has 2 N–H and O–H groups in total. The summed E-state index contributed by atoms with van der Waals surface area (Å²) in [5.74, 6) is -0.217. The lowest BCUT2D eigenvalue weighted by Crippen LogP contribution is -2.32. The van der Waals surface area contributed by atoms with Gasteiger partial charge in [0.2, 0.25) is 0 Å². The first-order valence-corrected chi connectivity index (χ1v) is 11.3. The van der Waals surface area contributed by atoms with E-state index in [0.29, 0.717) is 17.0 Å². The van der Waals surface area contributed by atoms with Crippen molar-refractivity contribution in [1.82, 2.24) is 10.2 Å². The minimum atomic E-state index is -0.116. The van der Waals surface area contributed by atoms with Crippen LogP contribution in [-0.2, 0) is 11.3 Å². The molecule has 6 heteroatoms. The van der Waals surface area contributed by atoms with Crippen molar-refractivity contribution in [3.05, 3.63) is 100 Å². The molecule has 4 rings (SSSR count). The number of rotatable bonds is 7. The van der Waals surface area contributed by atoms with E-state index >= 15 is 0 Å². The maximum absolute atomic E-state index is 12.5. The van der Waals surface area contributed by atoms with Gasteiger partial charge in [0.25, 0.3) is 11.8 Å². The summed E-state index contributed by atoms with van der Waals surface area (Å²) in [5, 5.41) is 5.88. The Morgan fingerprint density at radius 2 is 1.72 bits per heavy atom. The summed E-state index contributed by atoms with van der Waals surface area (Å²) in [5.41, 5.74) is 3.56. The lowest BCUT2D eigenvalue weighted by molar-refractivity contribution is -0.112. The second-order valence-corrected chi connectivity index (χ2v) is 8.75. The van der Waals surface area contributed by atoms with Gasteiger partial charge in [-0.25, -0.2) is 0 Å². The highest BCUT2D eigenvalue weighted by atomic mass is 32.2. The van der Waals surface area contributed by atoms with Gasteiger partial charge in [-0.05, 0) is 48.5 Å². The predicted molar refractivity (Wildman–Crippen MR) is 130 cm³/mol. The second kappa shape index (κ2) is 10.3. The predicted octanol–water partition coefficient (Wildman–Crippen LogP) is 4.63. The average Bonchev–Trinajstić information content (AvgIpc) is 2.80. The van der Waals surface area contributed by atoms with E-state index in [-0.39, 0.29) is 11.8 Å². The van der Waals surface area contributed by atoms with Crippen molar-refractivity contribution >= 4 is 35.3 Å². The number of hydrogen-bond acceptors (Lipinski definition) is 4. The van der Waals surface area contributed by atoms with E-state index < -0.39 is 0 Å². The smallest absolute Gasteiger partial charge is 0.262 e. The molecule has 0 saturated heterocycles. The summed E-state index contributed by atoms with van der Waals surface area (Å²) >= 11 is 1.45. The van der Waals surface area contributed by atoms with Crippen LogP contribution < -0.4 is 10.6 Å². The first-order valence-electron chi connectivity index (χ1n) is 10.5. The third-order valence-electron chi connectivity index (χ3n) is 5.12. The molecule has 0 saturated carbocycles. The van der Waals surface area contributed by atoms with Gasteiger partial charge in [-0.3, -0.25) is 9.59 Å². The third-order valence-corrected chi connectivity index (χ3v) is 6.22. The van der Waals surface area contributed by atoms with Gasteiger partial charge >= 0.3 is 0 Å². The minimum absolute atomic E-state index is 0.101. The molecule has 0 aromatic heterocycles. The average molecular weight is 444 g/mol. The molecule has 162 valence electrons. The Morgan fingerprint density at radius 1 is 1.00 bits per heavy atom. The molecule has 5 nitrogen and oxygen atoms in total. The normalized spacial score (nSPS) is 14.2. The van der Waals surface area contributed by atoms with Gasteiger partial charge in [0.05, 0.1) is 10.6 Å². The van der Waals surface area contributed by atoms with Gasteiger partial charge in [-0.2, -0.15) is 0 Å². The molecule has 32 heavy (non-hydrogen) atoms. The van der Waals surface area contributed by atoms with Gasteiger partial charge in [0.1, 0.15) is 0 Å². The number of nitrogens with one attached hydrogen (secondary N) is 2. The summed E-state index contributed by atoms with van der Waals surface area (Å²) in [7, 11) is 2.04. The number of carbonyl (C=O) groups excluding carboxylic acids is 2. The number of hydrogen-bond donors (Lipinski definition) is 2. The highest BCUT2D eigenvalue weighted by molar-refractivity contribution is 8.04. The van der Waals surface area contributed by atoms with E-state index in [4.69, 9.17) is 0 Å². The molecule has 3 aromatic rings. The van der Waals surface area contributed by atoms with E-state index in [9.17, 15) is 9.59 Å². The Balaban J connectivity index is 1.30. The van der Waals surface area contributed by atoms with Crippen LogP contribution in [0.5, 0.6) is 0 Å². The molecule has 0 atom stereocenters. The highest BCUT2D eigenvalue weighted by Crippen LogP contribution is 2.38. The Morgan fingerprint density at radius 3 is 2.50 bits per heavy atom. The summed E-state index contributed by atoms with van der Waals surface area (Å²) in [6, 6.07) is 25.3. The topological polar surface area (TPSA) is 61.4 Å². The number of benzene rings is 3. The van der Waals surface area contributed by atoms with E-state index in [1.807, 2.05) is 67.7 Å². The number of carbonyl (C=O) groups is 2. The summed E-state index contributed by atoms with van der Waals surface area (Å²) < 4.78 is 0. The van der Waals surface area contributed by atoms with Crippen LogP contribution in [0.15, 0.2) is 88.7 Å². The van der Waals surface area contributed by atoms with Crippen molar-refractivity contribution in [2.45, 2.75) is 11.4 Å². The Bertz CT molecular complexity index is 1130. The zero-order valence-corrected chi connectivity index (χ0v) is 18.7. The quantitative estimate of drug-likeness (QED) is 0.523. The number of nitrogens with zero attached hydrogens (tertiary/aromatic N) is 1. The van der Waals surface area contributed by atoms with E-state index in [0.717, 1.165) is 29.2 Å². The molecule has 1 aliphatic rings. The van der Waals surface area contributed by atoms with Gasteiger partial charge in [0, 0.05) is 30.1 Å². The minimum Gasteiger partial charge on any atom is -0.351 e. The SMILES string of the molecule is CN(CCNC(=O)c1ccc(C=C2Sc3ccccc3NC2=O)cc1)Cc1ccccc1. The monoisotopic (exact) mass is 443 g/mol. The van der Waals surface area contributed by atoms with Crippen LogP contribution in [0.1, 0.15) is 21.5 Å². The summed E-state index contributed by atoms with van der Waals surface area (Å²) in [6.45, 7) is 2.18. The van der Waals surface area contributed by atoms with Crippen LogP contribution in [0.25, 0.3) is 6.08 Å². The number of para-hydroxylation sites is 1. The van der Waals surface area contributed by atoms with Crippen molar-refractivity contribution < 1.29 is 9.59 Å². The first-order chi connectivity index (χ1) is 15.6. The fraction of sp³-hybridized carbons (Fsp3) is 0.154. The fourth-order valence-corrected chi connectivity index (χ4v) is 4.37. The number of likely N-dealkylation sites (N-methyl/N-ethyl adjacent to an activating group) is 1. The Kier molecular flexibility index (Phi) is 7.04. The molecular formula is C26H25N3O2S. The van der Waals surface area contributed by atoms with Crippen LogP contribution in [0.3, 0.4) is 0 Å². The Hall–Kier alpha value is -3.35. The second-order valence-electron chi connectivity index (χ2n) is 7.66.